The Hall–Kier alpha value is -5.84. The summed E-state index contributed by atoms with van der Waals surface area (Å²) in [7, 11) is 0. The van der Waals surface area contributed by atoms with Crippen LogP contribution in [0, 0.1) is 29.7 Å². The minimum atomic E-state index is 0.634. The molecule has 0 saturated heterocycles. The molecule has 5 aromatic carbocycles. The third-order valence-electron chi connectivity index (χ3n) is 7.21. The van der Waals surface area contributed by atoms with Crippen molar-refractivity contribution in [3.63, 3.8) is 0 Å². The van der Waals surface area contributed by atoms with Crippen LogP contribution < -0.4 is 5.32 Å². The minimum Gasteiger partial charge on any atom is -0.309 e. The Morgan fingerprint density at radius 1 is 0.738 bits per heavy atom. The highest BCUT2D eigenvalue weighted by Crippen LogP contribution is 2.38. The molecule has 0 aliphatic heterocycles. The molecule has 1 aromatic heterocycles. The minimum absolute atomic E-state index is 0.634. The van der Waals surface area contributed by atoms with Crippen molar-refractivity contribution in [2.24, 2.45) is 0 Å². The monoisotopic (exact) mass is 542 g/mol. The van der Waals surface area contributed by atoms with Gasteiger partial charge in [-0.25, -0.2) is 0 Å². The molecule has 4 nitrogen and oxygen atoms in total. The van der Waals surface area contributed by atoms with Crippen LogP contribution in [0.3, 0.4) is 0 Å². The van der Waals surface area contributed by atoms with Crippen molar-refractivity contribution in [2.45, 2.75) is 13.8 Å². The molecule has 0 atom stereocenters. The maximum Gasteiger partial charge on any atom is 0.181 e. The van der Waals surface area contributed by atoms with Gasteiger partial charge >= 0.3 is 0 Å². The molecular weight excluding hydrogens is 512 g/mol. The Morgan fingerprint density at radius 2 is 1.48 bits per heavy atom. The average molecular weight is 543 g/mol. The van der Waals surface area contributed by atoms with E-state index in [9.17, 15) is 10.5 Å². The molecule has 0 radical (unpaired) electrons. The van der Waals surface area contributed by atoms with Crippen LogP contribution in [0.25, 0.3) is 49.7 Å². The summed E-state index contributed by atoms with van der Waals surface area (Å²) in [4.78, 5) is 0. The Bertz CT molecular complexity index is 2030. The number of nitrogens with one attached hydrogen (secondary N) is 1. The second-order valence-corrected chi connectivity index (χ2v) is 9.82. The van der Waals surface area contributed by atoms with E-state index in [2.05, 4.69) is 96.3 Å². The molecule has 0 aliphatic carbocycles. The second-order valence-electron chi connectivity index (χ2n) is 9.82. The number of para-hydroxylation sites is 1. The Morgan fingerprint density at radius 3 is 2.21 bits per heavy atom. The molecule has 0 saturated carbocycles. The van der Waals surface area contributed by atoms with Gasteiger partial charge in [-0.15, -0.1) is 0 Å². The van der Waals surface area contributed by atoms with Crippen LogP contribution in [0.2, 0.25) is 0 Å². The summed E-state index contributed by atoms with van der Waals surface area (Å²) in [6.45, 7) is 7.51. The normalized spacial score (nSPS) is 10.6. The molecule has 0 unspecified atom stereocenters. The number of nitrogens with zero attached hydrogens (tertiary/aromatic N) is 3. The molecule has 6 rings (SSSR count). The average Bonchev–Trinajstić information content (AvgIpc) is 3.36. The fourth-order valence-electron chi connectivity index (χ4n) is 5.27. The molecule has 0 aliphatic rings. The summed E-state index contributed by atoms with van der Waals surface area (Å²) in [6, 6.07) is 39.2. The number of aromatic nitrogens is 1. The van der Waals surface area contributed by atoms with Gasteiger partial charge in [-0.3, -0.25) is 5.32 Å². The lowest BCUT2D eigenvalue weighted by molar-refractivity contribution is 1.18. The molecule has 4 heteroatoms. The van der Waals surface area contributed by atoms with Gasteiger partial charge in [0, 0.05) is 22.0 Å². The molecule has 1 heterocycles. The number of rotatable bonds is 5. The van der Waals surface area contributed by atoms with Gasteiger partial charge < -0.3 is 4.57 Å². The first-order chi connectivity index (χ1) is 20.6. The van der Waals surface area contributed by atoms with Gasteiger partial charge in [-0.1, -0.05) is 85.5 Å². The van der Waals surface area contributed by atoms with E-state index in [1.165, 1.54) is 0 Å². The SMILES string of the molecule is C=C/C=C\C.Cc1ccccc1-c1cc(-c2ccc3c(c2)c2ccccc2n3-c2cccc(C#N)c2)ccc1NC#N. The lowest BCUT2D eigenvalue weighted by Gasteiger charge is -2.13. The third-order valence-corrected chi connectivity index (χ3v) is 7.21. The Balaban J connectivity index is 0.000000652. The molecule has 0 bridgehead atoms. The maximum absolute atomic E-state index is 9.44. The number of hydrogen-bond donors (Lipinski definition) is 1. The topological polar surface area (TPSA) is 64.5 Å². The van der Waals surface area contributed by atoms with E-state index < -0.39 is 0 Å². The lowest BCUT2D eigenvalue weighted by atomic mass is 9.94. The van der Waals surface area contributed by atoms with E-state index in [0.717, 1.165) is 61.0 Å². The summed E-state index contributed by atoms with van der Waals surface area (Å²) >= 11 is 0. The standard InChI is InChI=1S/C33H22N4.C5H8/c1-22-7-2-3-10-27(22)29-18-24(13-15-31(29)36-21-35)25-14-16-33-30(19-25)28-11-4-5-12-32(28)37(33)26-9-6-8-23(17-26)20-34;1-3-5-4-2/h2-19,36H,1H3;3-5H,1H2,2H3/b;5-4-. The Kier molecular flexibility index (Phi) is 8.29. The van der Waals surface area contributed by atoms with Crippen LogP contribution >= 0.6 is 0 Å². The number of benzene rings is 5. The summed E-state index contributed by atoms with van der Waals surface area (Å²) in [5.74, 6) is 0. The number of anilines is 1. The zero-order chi connectivity index (χ0) is 29.5. The van der Waals surface area contributed by atoms with Crippen molar-refractivity contribution < 1.29 is 0 Å². The van der Waals surface area contributed by atoms with Crippen LogP contribution in [0.5, 0.6) is 0 Å². The highest BCUT2D eigenvalue weighted by molar-refractivity contribution is 6.10. The molecule has 6 aromatic rings. The van der Waals surface area contributed by atoms with E-state index in [-0.39, 0.29) is 0 Å². The molecule has 42 heavy (non-hydrogen) atoms. The summed E-state index contributed by atoms with van der Waals surface area (Å²) in [6.07, 6.45) is 7.65. The van der Waals surface area contributed by atoms with Crippen molar-refractivity contribution in [3.05, 3.63) is 145 Å². The molecule has 1 N–H and O–H groups in total. The predicted molar refractivity (Wildman–Crippen MR) is 175 cm³/mol. The molecule has 0 fully saturated rings. The van der Waals surface area contributed by atoms with Crippen LogP contribution in [0.4, 0.5) is 5.69 Å². The maximum atomic E-state index is 9.44. The summed E-state index contributed by atoms with van der Waals surface area (Å²) in [5, 5.41) is 23.9. The predicted octanol–water partition coefficient (Wildman–Crippen LogP) is 9.94. The number of aryl methyl sites for hydroxylation is 1. The highest BCUT2D eigenvalue weighted by atomic mass is 15.0. The first-order valence-corrected chi connectivity index (χ1v) is 13.7. The van der Waals surface area contributed by atoms with E-state index >= 15 is 0 Å². The third kappa shape index (κ3) is 5.43. The van der Waals surface area contributed by atoms with Gasteiger partial charge in [0.05, 0.1) is 28.4 Å². The number of hydrogen-bond acceptors (Lipinski definition) is 3. The van der Waals surface area contributed by atoms with E-state index in [0.29, 0.717) is 5.56 Å². The van der Waals surface area contributed by atoms with Crippen molar-refractivity contribution in [1.29, 1.82) is 10.5 Å². The van der Waals surface area contributed by atoms with E-state index in [1.807, 2.05) is 67.6 Å². The first-order valence-electron chi connectivity index (χ1n) is 13.7. The Labute approximate surface area is 246 Å². The second kappa shape index (κ2) is 12.6. The van der Waals surface area contributed by atoms with Gasteiger partial charge in [0.1, 0.15) is 0 Å². The van der Waals surface area contributed by atoms with Crippen LogP contribution in [0.1, 0.15) is 18.1 Å². The van der Waals surface area contributed by atoms with Gasteiger partial charge in [0.25, 0.3) is 0 Å². The van der Waals surface area contributed by atoms with Crippen molar-refractivity contribution in [3.8, 4) is 40.2 Å². The first kappa shape index (κ1) is 27.7. The van der Waals surface area contributed by atoms with E-state index in [1.54, 1.807) is 6.08 Å². The number of allylic oxidation sites excluding steroid dienone is 3. The van der Waals surface area contributed by atoms with E-state index in [4.69, 9.17) is 0 Å². The van der Waals surface area contributed by atoms with Crippen LogP contribution in [0.15, 0.2) is 134 Å². The fraction of sp³-hybridized carbons (Fsp3) is 0.0526. The van der Waals surface area contributed by atoms with Gasteiger partial charge in [0.2, 0.25) is 0 Å². The number of fused-ring (bicyclic) bond motifs is 3. The van der Waals surface area contributed by atoms with Gasteiger partial charge in [-0.05, 0) is 84.6 Å². The summed E-state index contributed by atoms with van der Waals surface area (Å²) < 4.78 is 2.22. The molecule has 0 amide bonds. The largest absolute Gasteiger partial charge is 0.309 e. The van der Waals surface area contributed by atoms with Crippen molar-refractivity contribution in [2.75, 3.05) is 5.32 Å². The van der Waals surface area contributed by atoms with Crippen LogP contribution in [-0.2, 0) is 0 Å². The molecule has 202 valence electrons. The quantitative estimate of drug-likeness (QED) is 0.134. The summed E-state index contributed by atoms with van der Waals surface area (Å²) in [5.41, 5.74) is 9.98. The van der Waals surface area contributed by atoms with Crippen molar-refractivity contribution in [1.82, 2.24) is 4.57 Å². The van der Waals surface area contributed by atoms with Crippen molar-refractivity contribution >= 4 is 27.5 Å². The molecular formula is C38H30N4. The fourth-order valence-corrected chi connectivity index (χ4v) is 5.27. The zero-order valence-corrected chi connectivity index (χ0v) is 23.7. The molecule has 0 spiro atoms. The van der Waals surface area contributed by atoms with Gasteiger partial charge in [0.15, 0.2) is 6.19 Å². The zero-order valence-electron chi connectivity index (χ0n) is 23.7. The highest BCUT2D eigenvalue weighted by Gasteiger charge is 2.15. The van der Waals surface area contributed by atoms with Crippen LogP contribution in [-0.4, -0.2) is 4.57 Å². The lowest BCUT2D eigenvalue weighted by Crippen LogP contribution is -1.95. The number of nitriles is 2. The van der Waals surface area contributed by atoms with Gasteiger partial charge in [-0.2, -0.15) is 10.5 Å². The smallest absolute Gasteiger partial charge is 0.181 e.